The number of tetrazole rings is 1. The van der Waals surface area contributed by atoms with Gasteiger partial charge in [0.05, 0.1) is 17.8 Å². The molecule has 4 aromatic rings. The molecule has 0 bridgehead atoms. The number of carbonyl (C=O) groups is 1. The lowest BCUT2D eigenvalue weighted by Crippen LogP contribution is -2.48. The van der Waals surface area contributed by atoms with Gasteiger partial charge in [-0.05, 0) is 16.2 Å². The van der Waals surface area contributed by atoms with Crippen molar-refractivity contribution in [1.29, 1.82) is 0 Å². The fraction of sp³-hybridized carbons (Fsp3) is 0.370. The minimum absolute atomic E-state index is 0.0237. The Bertz CT molecular complexity index is 1270. The lowest BCUT2D eigenvalue weighted by atomic mass is 9.84. The highest BCUT2D eigenvalue weighted by molar-refractivity contribution is 5.76. The Balaban J connectivity index is 1.83. The van der Waals surface area contributed by atoms with Crippen LogP contribution in [0.1, 0.15) is 38.2 Å². The number of aliphatic hydroxyl groups is 1. The number of nitrogens with zero attached hydrogens (tertiary/aromatic N) is 7. The number of aromatic nitrogens is 6. The first-order chi connectivity index (χ1) is 17.8. The van der Waals surface area contributed by atoms with Crippen LogP contribution in [0.4, 0.5) is 0 Å². The quantitative estimate of drug-likeness (QED) is 0.341. The third kappa shape index (κ3) is 6.46. The molecule has 0 aliphatic heterocycles. The van der Waals surface area contributed by atoms with Crippen LogP contribution < -0.4 is 5.73 Å². The van der Waals surface area contributed by atoms with Gasteiger partial charge in [0.15, 0.2) is 6.33 Å². The summed E-state index contributed by atoms with van der Waals surface area (Å²) in [6.07, 6.45) is 2.41. The second kappa shape index (κ2) is 11.4. The maximum absolute atomic E-state index is 13.7. The van der Waals surface area contributed by atoms with E-state index in [1.54, 1.807) is 4.90 Å². The first kappa shape index (κ1) is 26.2. The molecule has 2 heterocycles. The first-order valence-electron chi connectivity index (χ1n) is 12.3. The van der Waals surface area contributed by atoms with Crippen LogP contribution >= 0.6 is 0 Å². The van der Waals surface area contributed by atoms with E-state index < -0.39 is 17.6 Å². The fourth-order valence-corrected chi connectivity index (χ4v) is 4.42. The second-order valence-electron chi connectivity index (χ2n) is 10.1. The van der Waals surface area contributed by atoms with Crippen molar-refractivity contribution in [3.05, 3.63) is 84.6 Å². The predicted molar refractivity (Wildman–Crippen MR) is 140 cm³/mol. The molecule has 194 valence electrons. The molecule has 0 aliphatic carbocycles. The average Bonchev–Trinajstić information content (AvgIpc) is 3.54. The van der Waals surface area contributed by atoms with Crippen molar-refractivity contribution in [3.8, 4) is 11.3 Å². The molecule has 0 saturated heterocycles. The topological polar surface area (TPSA) is 128 Å². The standard InChI is InChI=1S/C27H34N8O2/c1-27(2,3)25(34(16-22(36)14-28)24(37)18-35-30-19-29-32-35)26-31-23(21-12-8-5-9-13-21)17-33(26)15-20-10-6-4-7-11-20/h4-13,17,19,22,25,36H,14-16,18,28H2,1-3H3/t22?,25-/m0/s1. The maximum atomic E-state index is 13.7. The van der Waals surface area contributed by atoms with Crippen molar-refractivity contribution >= 4 is 5.91 Å². The van der Waals surface area contributed by atoms with E-state index in [-0.39, 0.29) is 25.5 Å². The number of carbonyl (C=O) groups excluding carboxylic acids is 1. The third-order valence-electron chi connectivity index (χ3n) is 6.12. The van der Waals surface area contributed by atoms with Crippen molar-refractivity contribution in [2.75, 3.05) is 13.1 Å². The molecule has 0 aliphatic rings. The summed E-state index contributed by atoms with van der Waals surface area (Å²) in [5.41, 5.74) is 8.23. The summed E-state index contributed by atoms with van der Waals surface area (Å²) in [7, 11) is 0. The van der Waals surface area contributed by atoms with Gasteiger partial charge in [-0.25, -0.2) is 4.98 Å². The van der Waals surface area contributed by atoms with E-state index in [0.717, 1.165) is 22.6 Å². The van der Waals surface area contributed by atoms with Crippen LogP contribution in [0.2, 0.25) is 0 Å². The molecule has 10 nitrogen and oxygen atoms in total. The van der Waals surface area contributed by atoms with Crippen LogP contribution in [0, 0.1) is 5.41 Å². The minimum atomic E-state index is -0.899. The number of rotatable bonds is 10. The van der Waals surface area contributed by atoms with E-state index in [9.17, 15) is 9.90 Å². The van der Waals surface area contributed by atoms with Crippen LogP contribution in [-0.2, 0) is 17.9 Å². The van der Waals surface area contributed by atoms with Gasteiger partial charge >= 0.3 is 0 Å². The number of amides is 1. The molecule has 1 unspecified atom stereocenters. The Kier molecular flexibility index (Phi) is 8.10. The SMILES string of the molecule is CC(C)(C)[C@H](c1nc(-c2ccccc2)cn1Cc1ccccc1)N(CC(O)CN)C(=O)Cn1ncnn1. The smallest absolute Gasteiger partial charge is 0.246 e. The van der Waals surface area contributed by atoms with E-state index in [4.69, 9.17) is 10.7 Å². The Morgan fingerprint density at radius 1 is 1.08 bits per heavy atom. The zero-order valence-corrected chi connectivity index (χ0v) is 21.5. The van der Waals surface area contributed by atoms with Crippen molar-refractivity contribution in [1.82, 2.24) is 34.7 Å². The van der Waals surface area contributed by atoms with E-state index in [1.807, 2.05) is 54.7 Å². The highest BCUT2D eigenvalue weighted by Crippen LogP contribution is 2.39. The first-order valence-corrected chi connectivity index (χ1v) is 12.3. The van der Waals surface area contributed by atoms with E-state index in [0.29, 0.717) is 6.54 Å². The summed E-state index contributed by atoms with van der Waals surface area (Å²) >= 11 is 0. The molecule has 0 spiro atoms. The van der Waals surface area contributed by atoms with Gasteiger partial charge in [0, 0.05) is 31.4 Å². The molecule has 2 atom stereocenters. The largest absolute Gasteiger partial charge is 0.390 e. The monoisotopic (exact) mass is 502 g/mol. The maximum Gasteiger partial charge on any atom is 0.246 e. The molecular weight excluding hydrogens is 468 g/mol. The zero-order chi connectivity index (χ0) is 26.4. The second-order valence-corrected chi connectivity index (χ2v) is 10.1. The number of nitrogens with two attached hydrogens (primary N) is 1. The van der Waals surface area contributed by atoms with Crippen LogP contribution in [-0.4, -0.2) is 64.9 Å². The lowest BCUT2D eigenvalue weighted by molar-refractivity contribution is -0.139. The van der Waals surface area contributed by atoms with Gasteiger partial charge in [0.25, 0.3) is 0 Å². The molecule has 1 amide bonds. The van der Waals surface area contributed by atoms with Crippen LogP contribution in [0.5, 0.6) is 0 Å². The normalized spacial score (nSPS) is 13.3. The molecule has 2 aromatic heterocycles. The van der Waals surface area contributed by atoms with Gasteiger partial charge in [-0.3, -0.25) is 4.79 Å². The Labute approximate surface area is 216 Å². The van der Waals surface area contributed by atoms with Crippen LogP contribution in [0.15, 0.2) is 73.2 Å². The van der Waals surface area contributed by atoms with Gasteiger partial charge in [-0.2, -0.15) is 4.80 Å². The summed E-state index contributed by atoms with van der Waals surface area (Å²) in [5, 5.41) is 22.1. The van der Waals surface area contributed by atoms with Crippen LogP contribution in [0.3, 0.4) is 0 Å². The van der Waals surface area contributed by atoms with Crippen molar-refractivity contribution in [3.63, 3.8) is 0 Å². The lowest BCUT2D eigenvalue weighted by Gasteiger charge is -2.40. The van der Waals surface area contributed by atoms with Gasteiger partial charge < -0.3 is 20.3 Å². The van der Waals surface area contributed by atoms with Crippen molar-refractivity contribution in [2.24, 2.45) is 11.1 Å². The Morgan fingerprint density at radius 3 is 2.35 bits per heavy atom. The average molecular weight is 503 g/mol. The molecule has 4 rings (SSSR count). The van der Waals surface area contributed by atoms with Gasteiger partial charge in [-0.15, -0.1) is 10.2 Å². The van der Waals surface area contributed by atoms with E-state index in [2.05, 4.69) is 52.9 Å². The summed E-state index contributed by atoms with van der Waals surface area (Å²) < 4.78 is 2.09. The van der Waals surface area contributed by atoms with Crippen molar-refractivity contribution < 1.29 is 9.90 Å². The summed E-state index contributed by atoms with van der Waals surface area (Å²) in [6.45, 7) is 6.71. The highest BCUT2D eigenvalue weighted by Gasteiger charge is 2.39. The minimum Gasteiger partial charge on any atom is -0.390 e. The molecule has 10 heteroatoms. The molecular formula is C27H34N8O2. The molecule has 37 heavy (non-hydrogen) atoms. The zero-order valence-electron chi connectivity index (χ0n) is 21.5. The van der Waals surface area contributed by atoms with E-state index in [1.165, 1.54) is 11.1 Å². The number of benzene rings is 2. The summed E-state index contributed by atoms with van der Waals surface area (Å²) in [4.78, 5) is 21.6. The van der Waals surface area contributed by atoms with Gasteiger partial charge in [0.2, 0.25) is 5.91 Å². The molecule has 0 fully saturated rings. The van der Waals surface area contributed by atoms with Crippen molar-refractivity contribution in [2.45, 2.75) is 46.0 Å². The van der Waals surface area contributed by atoms with Crippen LogP contribution in [0.25, 0.3) is 11.3 Å². The summed E-state index contributed by atoms with van der Waals surface area (Å²) in [5.74, 6) is 0.459. The van der Waals surface area contributed by atoms with Gasteiger partial charge in [-0.1, -0.05) is 81.4 Å². The molecule has 0 saturated carbocycles. The third-order valence-corrected chi connectivity index (χ3v) is 6.12. The number of hydrogen-bond acceptors (Lipinski definition) is 7. The Hall–Kier alpha value is -3.89. The number of imidazole rings is 1. The Morgan fingerprint density at radius 2 is 1.76 bits per heavy atom. The van der Waals surface area contributed by atoms with Gasteiger partial charge in [0.1, 0.15) is 12.4 Å². The predicted octanol–water partition coefficient (Wildman–Crippen LogP) is 2.52. The molecule has 2 aromatic carbocycles. The fourth-order valence-electron chi connectivity index (χ4n) is 4.42. The highest BCUT2D eigenvalue weighted by atomic mass is 16.3. The summed E-state index contributed by atoms with van der Waals surface area (Å²) in [6, 6.07) is 19.6. The van der Waals surface area contributed by atoms with E-state index >= 15 is 0 Å². The number of aliphatic hydroxyl groups excluding tert-OH is 1. The molecule has 0 radical (unpaired) electrons. The number of hydrogen-bond donors (Lipinski definition) is 2. The molecule has 3 N–H and O–H groups in total.